The van der Waals surface area contributed by atoms with Gasteiger partial charge in [-0.25, -0.2) is 4.79 Å². The van der Waals surface area contributed by atoms with Crippen molar-refractivity contribution in [1.82, 2.24) is 0 Å². The highest BCUT2D eigenvalue weighted by Crippen LogP contribution is 2.45. The summed E-state index contributed by atoms with van der Waals surface area (Å²) in [5.74, 6) is 4.20. The number of hydrogen-bond donors (Lipinski definition) is 1. The number of carbonyl (C=O) groups is 2. The van der Waals surface area contributed by atoms with E-state index in [2.05, 4.69) is 17.9 Å². The molecule has 132 valence electrons. The summed E-state index contributed by atoms with van der Waals surface area (Å²) >= 11 is 0. The van der Waals surface area contributed by atoms with Crippen LogP contribution < -0.4 is 0 Å². The van der Waals surface area contributed by atoms with Crippen molar-refractivity contribution in [3.8, 4) is 11.8 Å². The summed E-state index contributed by atoms with van der Waals surface area (Å²) in [6.45, 7) is 6.14. The average Bonchev–Trinajstić information content (AvgIpc) is 2.54. The number of fused-ring (bicyclic) bond motifs is 1. The van der Waals surface area contributed by atoms with Crippen molar-refractivity contribution in [1.29, 1.82) is 0 Å². The van der Waals surface area contributed by atoms with Gasteiger partial charge in [-0.05, 0) is 38.5 Å². The number of aliphatic hydroxyl groups excluding tert-OH is 1. The van der Waals surface area contributed by atoms with Crippen LogP contribution in [-0.4, -0.2) is 36.4 Å². The highest BCUT2D eigenvalue weighted by Gasteiger charge is 2.47. The minimum absolute atomic E-state index is 0.0436. The molecular weight excluding hydrogens is 308 g/mol. The minimum Gasteiger partial charge on any atom is -0.466 e. The van der Waals surface area contributed by atoms with Crippen LogP contribution in [0.5, 0.6) is 0 Å². The third kappa shape index (κ3) is 4.18. The van der Waals surface area contributed by atoms with Gasteiger partial charge in [-0.15, -0.1) is 0 Å². The van der Waals surface area contributed by atoms with E-state index < -0.39 is 12.1 Å². The van der Waals surface area contributed by atoms with E-state index in [1.165, 1.54) is 0 Å². The normalized spacial score (nSPS) is 34.5. The van der Waals surface area contributed by atoms with Crippen molar-refractivity contribution >= 4 is 11.9 Å². The number of ether oxygens (including phenoxy) is 2. The van der Waals surface area contributed by atoms with Crippen molar-refractivity contribution in [2.24, 2.45) is 29.6 Å². The average molecular weight is 334 g/mol. The first-order valence-corrected chi connectivity index (χ1v) is 8.69. The fraction of sp³-hybridized carbons (Fsp3) is 0.684. The lowest BCUT2D eigenvalue weighted by Gasteiger charge is -2.44. The largest absolute Gasteiger partial charge is 0.466 e. The van der Waals surface area contributed by atoms with E-state index in [9.17, 15) is 14.7 Å². The maximum Gasteiger partial charge on any atom is 0.384 e. The van der Waals surface area contributed by atoms with Crippen LogP contribution in [0.15, 0.2) is 12.2 Å². The van der Waals surface area contributed by atoms with Crippen LogP contribution in [0.1, 0.15) is 33.6 Å². The molecule has 0 bridgehead atoms. The second-order valence-electron chi connectivity index (χ2n) is 6.49. The molecule has 2 aliphatic rings. The van der Waals surface area contributed by atoms with Crippen LogP contribution >= 0.6 is 0 Å². The Morgan fingerprint density at radius 3 is 2.54 bits per heavy atom. The van der Waals surface area contributed by atoms with Gasteiger partial charge in [0.1, 0.15) is 0 Å². The first-order valence-electron chi connectivity index (χ1n) is 8.69. The summed E-state index contributed by atoms with van der Waals surface area (Å²) in [4.78, 5) is 23.7. The lowest BCUT2D eigenvalue weighted by atomic mass is 9.62. The molecule has 0 spiro atoms. The molecule has 1 N–H and O–H groups in total. The molecular formula is C19H26O5. The summed E-state index contributed by atoms with van der Waals surface area (Å²) in [5, 5.41) is 10.6. The van der Waals surface area contributed by atoms with Gasteiger partial charge in [0, 0.05) is 17.8 Å². The molecule has 0 radical (unpaired) electrons. The minimum atomic E-state index is -0.632. The summed E-state index contributed by atoms with van der Waals surface area (Å²) in [7, 11) is 0. The second-order valence-corrected chi connectivity index (χ2v) is 6.49. The van der Waals surface area contributed by atoms with E-state index in [0.717, 1.165) is 6.42 Å². The molecule has 0 aromatic rings. The first-order chi connectivity index (χ1) is 11.5. The summed E-state index contributed by atoms with van der Waals surface area (Å²) in [6, 6.07) is 0. The van der Waals surface area contributed by atoms with Crippen LogP contribution in [0.3, 0.4) is 0 Å². The number of aliphatic hydroxyl groups is 1. The molecule has 24 heavy (non-hydrogen) atoms. The lowest BCUT2D eigenvalue weighted by Crippen LogP contribution is -2.47. The maximum absolute atomic E-state index is 12.3. The number of rotatable bonds is 3. The first kappa shape index (κ1) is 18.5. The molecule has 2 rings (SSSR count). The fourth-order valence-corrected chi connectivity index (χ4v) is 3.87. The molecule has 1 fully saturated rings. The Morgan fingerprint density at radius 2 is 1.88 bits per heavy atom. The fourth-order valence-electron chi connectivity index (χ4n) is 3.87. The Labute approximate surface area is 143 Å². The third-order valence-electron chi connectivity index (χ3n) is 4.88. The molecule has 0 heterocycles. The highest BCUT2D eigenvalue weighted by atomic mass is 16.5. The van der Waals surface area contributed by atoms with Crippen molar-refractivity contribution < 1.29 is 24.2 Å². The smallest absolute Gasteiger partial charge is 0.384 e. The number of hydrogen-bond acceptors (Lipinski definition) is 5. The second kappa shape index (κ2) is 8.34. The van der Waals surface area contributed by atoms with Gasteiger partial charge in [0.25, 0.3) is 0 Å². The molecule has 0 saturated heterocycles. The van der Waals surface area contributed by atoms with Crippen LogP contribution in [0, 0.1) is 41.4 Å². The van der Waals surface area contributed by atoms with Crippen molar-refractivity contribution in [3.63, 3.8) is 0 Å². The van der Waals surface area contributed by atoms with Gasteiger partial charge in [0.15, 0.2) is 0 Å². The van der Waals surface area contributed by atoms with E-state index >= 15 is 0 Å². The molecule has 5 nitrogen and oxygen atoms in total. The molecule has 0 aromatic carbocycles. The third-order valence-corrected chi connectivity index (χ3v) is 4.88. The van der Waals surface area contributed by atoms with Gasteiger partial charge in [-0.2, -0.15) is 0 Å². The SMILES string of the molecule is CCOC(=O)C#C[C@@H]1C[C@H](O)[C@@H]2[C@@H](C(=O)OCC)[C@@H](C)C=C[C@H]2C1. The standard InChI is InChI=1S/C19H26O5/c1-4-23-16(21)9-7-13-10-14-8-6-12(3)17(19(22)24-5-2)18(14)15(20)11-13/h6,8,12-15,17-18,20H,4-5,10-11H2,1-3H3/t12-,13-,14-,15-,17-,18+/m0/s1. The van der Waals surface area contributed by atoms with Gasteiger partial charge in [0.05, 0.1) is 25.2 Å². The Bertz CT molecular complexity index is 556. The molecule has 2 aliphatic carbocycles. The van der Waals surface area contributed by atoms with Crippen LogP contribution in [0.25, 0.3) is 0 Å². The van der Waals surface area contributed by atoms with E-state index in [1.54, 1.807) is 13.8 Å². The summed E-state index contributed by atoms with van der Waals surface area (Å²) < 4.78 is 10.0. The molecule has 0 unspecified atom stereocenters. The summed E-state index contributed by atoms with van der Waals surface area (Å²) in [6.07, 6.45) is 4.66. The van der Waals surface area contributed by atoms with Gasteiger partial charge >= 0.3 is 11.9 Å². The van der Waals surface area contributed by atoms with E-state index in [1.807, 2.05) is 13.0 Å². The Hall–Kier alpha value is -1.80. The molecule has 1 saturated carbocycles. The van der Waals surface area contributed by atoms with Crippen molar-refractivity contribution in [2.45, 2.75) is 39.7 Å². The van der Waals surface area contributed by atoms with E-state index in [-0.39, 0.29) is 35.6 Å². The lowest BCUT2D eigenvalue weighted by molar-refractivity contribution is -0.156. The number of allylic oxidation sites excluding steroid dienone is 2. The van der Waals surface area contributed by atoms with Gasteiger partial charge < -0.3 is 14.6 Å². The highest BCUT2D eigenvalue weighted by molar-refractivity contribution is 5.88. The topological polar surface area (TPSA) is 72.8 Å². The quantitative estimate of drug-likeness (QED) is 0.370. The molecule has 0 amide bonds. The van der Waals surface area contributed by atoms with Gasteiger partial charge in [-0.3, -0.25) is 4.79 Å². The monoisotopic (exact) mass is 334 g/mol. The van der Waals surface area contributed by atoms with Gasteiger partial charge in [0.2, 0.25) is 0 Å². The molecule has 5 heteroatoms. The molecule has 0 aliphatic heterocycles. The number of esters is 2. The molecule has 0 aromatic heterocycles. The zero-order chi connectivity index (χ0) is 17.7. The number of carbonyl (C=O) groups excluding carboxylic acids is 2. The maximum atomic E-state index is 12.3. The summed E-state index contributed by atoms with van der Waals surface area (Å²) in [5.41, 5.74) is 0. The Morgan fingerprint density at radius 1 is 1.17 bits per heavy atom. The zero-order valence-corrected chi connectivity index (χ0v) is 14.5. The van der Waals surface area contributed by atoms with Crippen LogP contribution in [0.4, 0.5) is 0 Å². The Kier molecular flexibility index (Phi) is 6.44. The van der Waals surface area contributed by atoms with Crippen LogP contribution in [0.2, 0.25) is 0 Å². The van der Waals surface area contributed by atoms with Crippen LogP contribution in [-0.2, 0) is 19.1 Å². The van der Waals surface area contributed by atoms with E-state index in [0.29, 0.717) is 19.6 Å². The van der Waals surface area contributed by atoms with Gasteiger partial charge in [-0.1, -0.05) is 25.0 Å². The van der Waals surface area contributed by atoms with E-state index in [4.69, 9.17) is 9.47 Å². The zero-order valence-electron chi connectivity index (χ0n) is 14.5. The predicted octanol–water partition coefficient (Wildman–Crippen LogP) is 1.94. The van der Waals surface area contributed by atoms with Crippen molar-refractivity contribution in [3.05, 3.63) is 12.2 Å². The predicted molar refractivity (Wildman–Crippen MR) is 88.5 cm³/mol. The molecule has 6 atom stereocenters. The van der Waals surface area contributed by atoms with Crippen molar-refractivity contribution in [2.75, 3.05) is 13.2 Å². The Balaban J connectivity index is 2.13.